The third kappa shape index (κ3) is 3.59. The first-order valence-electron chi connectivity index (χ1n) is 8.07. The van der Waals surface area contributed by atoms with Crippen LogP contribution in [0.2, 0.25) is 0 Å². The molecule has 1 fully saturated rings. The van der Waals surface area contributed by atoms with Crippen molar-refractivity contribution >= 4 is 0 Å². The highest BCUT2D eigenvalue weighted by Gasteiger charge is 2.25. The van der Waals surface area contributed by atoms with Crippen LogP contribution in [0.15, 0.2) is 6.07 Å². The maximum Gasteiger partial charge on any atom is 0.0624 e. The van der Waals surface area contributed by atoms with Gasteiger partial charge in [0, 0.05) is 24.7 Å². The second-order valence-electron chi connectivity index (χ2n) is 5.71. The van der Waals surface area contributed by atoms with Crippen LogP contribution in [-0.4, -0.2) is 22.4 Å². The Morgan fingerprint density at radius 2 is 2.05 bits per heavy atom. The van der Waals surface area contributed by atoms with Crippen LogP contribution in [0.4, 0.5) is 0 Å². The highest BCUT2D eigenvalue weighted by Crippen LogP contribution is 2.29. The first kappa shape index (κ1) is 14.6. The summed E-state index contributed by atoms with van der Waals surface area (Å²) < 4.78 is 2.19. The van der Waals surface area contributed by atoms with Crippen LogP contribution in [0.3, 0.4) is 0 Å². The molecule has 0 bridgehead atoms. The average Bonchev–Trinajstić information content (AvgIpc) is 3.07. The molecule has 1 atom stereocenters. The molecule has 3 nitrogen and oxygen atoms in total. The molecular weight excluding hydrogens is 234 g/mol. The maximum atomic E-state index is 4.68. The SMILES string of the molecule is CCNC(Cc1cc(CC)nn1CC)C1CCCC1. The molecule has 2 rings (SSSR count). The smallest absolute Gasteiger partial charge is 0.0624 e. The van der Waals surface area contributed by atoms with Crippen molar-refractivity contribution < 1.29 is 0 Å². The van der Waals surface area contributed by atoms with Crippen LogP contribution in [0.25, 0.3) is 0 Å². The summed E-state index contributed by atoms with van der Waals surface area (Å²) in [6.07, 6.45) is 7.81. The molecule has 1 aliphatic rings. The van der Waals surface area contributed by atoms with Crippen LogP contribution < -0.4 is 5.32 Å². The largest absolute Gasteiger partial charge is 0.314 e. The summed E-state index contributed by atoms with van der Waals surface area (Å²) in [5, 5.41) is 8.39. The summed E-state index contributed by atoms with van der Waals surface area (Å²) in [4.78, 5) is 0. The number of hydrogen-bond donors (Lipinski definition) is 1. The predicted molar refractivity (Wildman–Crippen MR) is 80.4 cm³/mol. The molecule has 0 aromatic carbocycles. The lowest BCUT2D eigenvalue weighted by molar-refractivity contribution is 0.355. The molecule has 1 aliphatic carbocycles. The van der Waals surface area contributed by atoms with Crippen molar-refractivity contribution in [1.29, 1.82) is 0 Å². The normalized spacial score (nSPS) is 18.1. The molecule has 0 spiro atoms. The van der Waals surface area contributed by atoms with E-state index in [4.69, 9.17) is 0 Å². The first-order chi connectivity index (χ1) is 9.28. The summed E-state index contributed by atoms with van der Waals surface area (Å²) in [5.41, 5.74) is 2.65. The van der Waals surface area contributed by atoms with Crippen molar-refractivity contribution in [2.75, 3.05) is 6.54 Å². The van der Waals surface area contributed by atoms with Gasteiger partial charge in [-0.3, -0.25) is 4.68 Å². The Morgan fingerprint density at radius 1 is 1.32 bits per heavy atom. The second kappa shape index (κ2) is 7.09. The van der Waals surface area contributed by atoms with Gasteiger partial charge >= 0.3 is 0 Å². The zero-order valence-electron chi connectivity index (χ0n) is 12.8. The molecule has 1 unspecified atom stereocenters. The van der Waals surface area contributed by atoms with E-state index in [-0.39, 0.29) is 0 Å². The van der Waals surface area contributed by atoms with Crippen LogP contribution in [-0.2, 0) is 19.4 Å². The lowest BCUT2D eigenvalue weighted by Crippen LogP contribution is -2.37. The van der Waals surface area contributed by atoms with E-state index < -0.39 is 0 Å². The molecule has 1 heterocycles. The van der Waals surface area contributed by atoms with Gasteiger partial charge in [-0.1, -0.05) is 26.7 Å². The van der Waals surface area contributed by atoms with Gasteiger partial charge in [-0.2, -0.15) is 5.10 Å². The van der Waals surface area contributed by atoms with Gasteiger partial charge < -0.3 is 5.32 Å². The van der Waals surface area contributed by atoms with E-state index in [9.17, 15) is 0 Å². The van der Waals surface area contributed by atoms with Crippen molar-refractivity contribution in [3.8, 4) is 0 Å². The summed E-state index contributed by atoms with van der Waals surface area (Å²) in [5.74, 6) is 0.866. The Bertz CT molecular complexity index is 377. The van der Waals surface area contributed by atoms with E-state index in [1.165, 1.54) is 37.1 Å². The Labute approximate surface area is 117 Å². The number of hydrogen-bond acceptors (Lipinski definition) is 2. The highest BCUT2D eigenvalue weighted by atomic mass is 15.3. The third-order valence-corrected chi connectivity index (χ3v) is 4.44. The number of nitrogens with zero attached hydrogens (tertiary/aromatic N) is 2. The topological polar surface area (TPSA) is 29.9 Å². The molecule has 1 N–H and O–H groups in total. The van der Waals surface area contributed by atoms with E-state index >= 15 is 0 Å². The standard InChI is InChI=1S/C16H29N3/c1-4-14-11-15(19(6-3)18-14)12-16(17-5-2)13-9-7-8-10-13/h11,13,16-17H,4-10,12H2,1-3H3. The first-order valence-corrected chi connectivity index (χ1v) is 8.07. The Balaban J connectivity index is 2.08. The van der Waals surface area contributed by atoms with Gasteiger partial charge in [-0.15, -0.1) is 0 Å². The summed E-state index contributed by atoms with van der Waals surface area (Å²) in [6.45, 7) is 8.65. The molecule has 0 aliphatic heterocycles. The van der Waals surface area contributed by atoms with Gasteiger partial charge in [0.25, 0.3) is 0 Å². The van der Waals surface area contributed by atoms with Gasteiger partial charge in [0.1, 0.15) is 0 Å². The van der Waals surface area contributed by atoms with Crippen LogP contribution in [0.1, 0.15) is 57.8 Å². The minimum atomic E-state index is 0.638. The van der Waals surface area contributed by atoms with E-state index in [1.54, 1.807) is 0 Å². The number of aryl methyl sites for hydroxylation is 2. The van der Waals surface area contributed by atoms with E-state index in [1.807, 2.05) is 0 Å². The van der Waals surface area contributed by atoms with Crippen molar-refractivity contribution in [3.05, 3.63) is 17.5 Å². The quantitative estimate of drug-likeness (QED) is 0.819. The monoisotopic (exact) mass is 263 g/mol. The predicted octanol–water partition coefficient (Wildman–Crippen LogP) is 3.18. The fraction of sp³-hybridized carbons (Fsp3) is 0.812. The van der Waals surface area contributed by atoms with Crippen LogP contribution in [0.5, 0.6) is 0 Å². The van der Waals surface area contributed by atoms with Crippen molar-refractivity contribution in [1.82, 2.24) is 15.1 Å². The molecule has 19 heavy (non-hydrogen) atoms. The molecular formula is C16H29N3. The third-order valence-electron chi connectivity index (χ3n) is 4.44. The lowest BCUT2D eigenvalue weighted by Gasteiger charge is -2.24. The zero-order valence-corrected chi connectivity index (χ0v) is 12.8. The van der Waals surface area contributed by atoms with E-state index in [0.717, 1.165) is 31.8 Å². The molecule has 1 saturated carbocycles. The van der Waals surface area contributed by atoms with Crippen LogP contribution >= 0.6 is 0 Å². The van der Waals surface area contributed by atoms with E-state index in [0.29, 0.717) is 6.04 Å². The van der Waals surface area contributed by atoms with Gasteiger partial charge in [0.05, 0.1) is 5.69 Å². The molecule has 1 aromatic rings. The highest BCUT2D eigenvalue weighted by molar-refractivity contribution is 5.12. The molecule has 108 valence electrons. The molecule has 0 radical (unpaired) electrons. The average molecular weight is 263 g/mol. The zero-order chi connectivity index (χ0) is 13.7. The van der Waals surface area contributed by atoms with Gasteiger partial charge in [-0.05, 0) is 44.7 Å². The number of likely N-dealkylation sites (N-methyl/N-ethyl adjacent to an activating group) is 1. The number of rotatable bonds is 7. The maximum absolute atomic E-state index is 4.68. The Hall–Kier alpha value is -0.830. The van der Waals surface area contributed by atoms with E-state index in [2.05, 4.69) is 41.9 Å². The molecule has 0 amide bonds. The van der Waals surface area contributed by atoms with Crippen molar-refractivity contribution in [3.63, 3.8) is 0 Å². The number of aromatic nitrogens is 2. The second-order valence-corrected chi connectivity index (χ2v) is 5.71. The van der Waals surface area contributed by atoms with Gasteiger partial charge in [0.2, 0.25) is 0 Å². The molecule has 3 heteroatoms. The fourth-order valence-electron chi connectivity index (χ4n) is 3.38. The molecule has 0 saturated heterocycles. The Kier molecular flexibility index (Phi) is 5.44. The summed E-state index contributed by atoms with van der Waals surface area (Å²) in [6, 6.07) is 2.95. The molecule has 1 aromatic heterocycles. The summed E-state index contributed by atoms with van der Waals surface area (Å²) >= 11 is 0. The summed E-state index contributed by atoms with van der Waals surface area (Å²) in [7, 11) is 0. The minimum absolute atomic E-state index is 0.638. The number of nitrogens with one attached hydrogen (secondary N) is 1. The lowest BCUT2D eigenvalue weighted by atomic mass is 9.94. The van der Waals surface area contributed by atoms with Crippen molar-refractivity contribution in [2.45, 2.75) is 71.9 Å². The Morgan fingerprint density at radius 3 is 2.63 bits per heavy atom. The van der Waals surface area contributed by atoms with Crippen molar-refractivity contribution in [2.24, 2.45) is 5.92 Å². The van der Waals surface area contributed by atoms with Gasteiger partial charge in [0.15, 0.2) is 0 Å². The minimum Gasteiger partial charge on any atom is -0.314 e. The fourth-order valence-corrected chi connectivity index (χ4v) is 3.38. The van der Waals surface area contributed by atoms with Gasteiger partial charge in [-0.25, -0.2) is 0 Å². The van der Waals surface area contributed by atoms with Crippen LogP contribution in [0, 0.1) is 5.92 Å².